The van der Waals surface area contributed by atoms with Gasteiger partial charge >= 0.3 is 166 Å². The van der Waals surface area contributed by atoms with E-state index < -0.39 is 0 Å². The summed E-state index contributed by atoms with van der Waals surface area (Å²) in [5.41, 5.74) is 2.35. The van der Waals surface area contributed by atoms with Gasteiger partial charge in [0.1, 0.15) is 0 Å². The standard InChI is InChI=1S/C23H38OTe/c1-16(2)25-15-23(24)13-12-22(4)17(14-23)7-8-18-19-6-5-10-21(19,3)11-9-20(18)22/h7,16,18-20,24H,5-6,8-15H2,1-4H3/t18-,19-,20-,21-,22-,23-/m0/s1. The molecule has 4 aliphatic rings. The molecule has 3 fully saturated rings. The summed E-state index contributed by atoms with van der Waals surface area (Å²) in [7, 11) is 0. The van der Waals surface area contributed by atoms with Crippen LogP contribution in [0.2, 0.25) is 8.43 Å². The molecule has 0 aromatic carbocycles. The van der Waals surface area contributed by atoms with Gasteiger partial charge in [-0.3, -0.25) is 0 Å². The maximum atomic E-state index is 11.3. The molecule has 3 saturated carbocycles. The molecule has 0 bridgehead atoms. The van der Waals surface area contributed by atoms with E-state index in [0.29, 0.717) is 10.8 Å². The van der Waals surface area contributed by atoms with Gasteiger partial charge in [0.25, 0.3) is 0 Å². The first-order valence-electron chi connectivity index (χ1n) is 10.8. The summed E-state index contributed by atoms with van der Waals surface area (Å²) in [4.78, 5) is 0. The Hall–Kier alpha value is 0.490. The van der Waals surface area contributed by atoms with E-state index in [-0.39, 0.29) is 26.5 Å². The third-order valence-electron chi connectivity index (χ3n) is 8.72. The van der Waals surface area contributed by atoms with Gasteiger partial charge in [0, 0.05) is 0 Å². The number of fused-ring (bicyclic) bond motifs is 5. The predicted molar refractivity (Wildman–Crippen MR) is 107 cm³/mol. The quantitative estimate of drug-likeness (QED) is 0.405. The summed E-state index contributed by atoms with van der Waals surface area (Å²) in [6, 6.07) is 0. The van der Waals surface area contributed by atoms with Gasteiger partial charge in [-0.05, 0) is 0 Å². The molecule has 0 saturated heterocycles. The van der Waals surface area contributed by atoms with Crippen molar-refractivity contribution < 1.29 is 5.11 Å². The zero-order valence-corrected chi connectivity index (χ0v) is 19.1. The molecular weight excluding hydrogens is 420 g/mol. The summed E-state index contributed by atoms with van der Waals surface area (Å²) in [6.07, 6.45) is 14.6. The number of aliphatic hydroxyl groups is 1. The molecule has 0 aromatic rings. The van der Waals surface area contributed by atoms with Crippen molar-refractivity contribution in [3.63, 3.8) is 0 Å². The fourth-order valence-electron chi connectivity index (χ4n) is 7.15. The zero-order chi connectivity index (χ0) is 17.9. The first-order valence-corrected chi connectivity index (χ1v) is 13.8. The zero-order valence-electron chi connectivity index (χ0n) is 16.8. The van der Waals surface area contributed by atoms with Crippen LogP contribution in [-0.4, -0.2) is 31.6 Å². The third-order valence-corrected chi connectivity index (χ3v) is 12.6. The van der Waals surface area contributed by atoms with Crippen molar-refractivity contribution in [1.29, 1.82) is 0 Å². The first-order chi connectivity index (χ1) is 11.8. The molecular formula is C23H38OTe. The summed E-state index contributed by atoms with van der Waals surface area (Å²) in [5, 5.41) is 11.3. The molecule has 0 heterocycles. The Bertz CT molecular complexity index is 554. The van der Waals surface area contributed by atoms with Gasteiger partial charge in [-0.1, -0.05) is 0 Å². The van der Waals surface area contributed by atoms with E-state index in [9.17, 15) is 5.11 Å². The summed E-state index contributed by atoms with van der Waals surface area (Å²) < 4.78 is 1.95. The molecule has 2 heteroatoms. The van der Waals surface area contributed by atoms with Crippen molar-refractivity contribution in [3.8, 4) is 0 Å². The van der Waals surface area contributed by atoms with Crippen molar-refractivity contribution in [1.82, 2.24) is 0 Å². The first kappa shape index (κ1) is 18.8. The average molecular weight is 458 g/mol. The Morgan fingerprint density at radius 3 is 2.68 bits per heavy atom. The minimum atomic E-state index is -0.360. The van der Waals surface area contributed by atoms with Crippen LogP contribution < -0.4 is 0 Å². The van der Waals surface area contributed by atoms with Crippen LogP contribution in [0.3, 0.4) is 0 Å². The summed E-state index contributed by atoms with van der Waals surface area (Å²) >= 11 is -0.0458. The molecule has 142 valence electrons. The van der Waals surface area contributed by atoms with Crippen LogP contribution in [0, 0.1) is 28.6 Å². The molecule has 1 N–H and O–H groups in total. The molecule has 25 heavy (non-hydrogen) atoms. The van der Waals surface area contributed by atoms with Gasteiger partial charge in [0.15, 0.2) is 0 Å². The Labute approximate surface area is 165 Å². The Morgan fingerprint density at radius 2 is 1.92 bits per heavy atom. The normalized spacial score (nSPS) is 49.4. The average Bonchev–Trinajstić information content (AvgIpc) is 2.96. The van der Waals surface area contributed by atoms with Gasteiger partial charge < -0.3 is 0 Å². The fourth-order valence-corrected chi connectivity index (χ4v) is 9.69. The second-order valence-corrected chi connectivity index (χ2v) is 15.1. The van der Waals surface area contributed by atoms with Gasteiger partial charge in [-0.2, -0.15) is 0 Å². The molecule has 4 aliphatic carbocycles. The van der Waals surface area contributed by atoms with E-state index in [1.807, 2.05) is 0 Å². The number of rotatable bonds is 3. The molecule has 6 atom stereocenters. The Morgan fingerprint density at radius 1 is 1.12 bits per heavy atom. The van der Waals surface area contributed by atoms with Crippen molar-refractivity contribution in [3.05, 3.63) is 11.6 Å². The third kappa shape index (κ3) is 3.17. The molecule has 0 amide bonds. The molecule has 0 unspecified atom stereocenters. The van der Waals surface area contributed by atoms with Gasteiger partial charge in [-0.25, -0.2) is 0 Å². The number of hydrogen-bond donors (Lipinski definition) is 1. The van der Waals surface area contributed by atoms with Crippen LogP contribution in [0.25, 0.3) is 0 Å². The molecule has 0 radical (unpaired) electrons. The molecule has 0 spiro atoms. The molecule has 4 rings (SSSR count). The second kappa shape index (κ2) is 6.53. The molecule has 0 aromatic heterocycles. The second-order valence-electron chi connectivity index (χ2n) is 10.6. The Kier molecular flexibility index (Phi) is 4.92. The van der Waals surface area contributed by atoms with Crippen LogP contribution in [0.4, 0.5) is 0 Å². The molecule has 1 nitrogen and oxygen atoms in total. The molecule has 0 aliphatic heterocycles. The summed E-state index contributed by atoms with van der Waals surface area (Å²) in [6.45, 7) is 9.84. The van der Waals surface area contributed by atoms with Crippen LogP contribution in [0.1, 0.15) is 85.5 Å². The van der Waals surface area contributed by atoms with E-state index in [1.54, 1.807) is 5.57 Å². The maximum absolute atomic E-state index is 11.3. The minimum absolute atomic E-state index is 0.0458. The van der Waals surface area contributed by atoms with Crippen LogP contribution >= 0.6 is 0 Å². The topological polar surface area (TPSA) is 20.2 Å². The fraction of sp³-hybridized carbons (Fsp3) is 0.913. The van der Waals surface area contributed by atoms with E-state index in [0.717, 1.165) is 39.0 Å². The monoisotopic (exact) mass is 460 g/mol. The predicted octanol–water partition coefficient (Wildman–Crippen LogP) is 6.02. The van der Waals surface area contributed by atoms with Crippen molar-refractivity contribution in [2.24, 2.45) is 28.6 Å². The Balaban J connectivity index is 1.55. The van der Waals surface area contributed by atoms with E-state index in [4.69, 9.17) is 0 Å². The van der Waals surface area contributed by atoms with Crippen LogP contribution in [0.15, 0.2) is 11.6 Å². The number of allylic oxidation sites excluding steroid dienone is 1. The summed E-state index contributed by atoms with van der Waals surface area (Å²) in [5.74, 6) is 2.81. The number of hydrogen-bond acceptors (Lipinski definition) is 1. The van der Waals surface area contributed by atoms with Gasteiger partial charge in [0.05, 0.1) is 0 Å². The van der Waals surface area contributed by atoms with E-state index in [1.165, 1.54) is 44.9 Å². The SMILES string of the molecule is CC(C)[Te]C[C@]1(O)CC[C@@]2(C)C(=CC[C@H]3[C@@H]4CCC[C@@]4(C)CC[C@@H]32)C1. The van der Waals surface area contributed by atoms with E-state index >= 15 is 0 Å². The van der Waals surface area contributed by atoms with Crippen LogP contribution in [-0.2, 0) is 0 Å². The van der Waals surface area contributed by atoms with Crippen molar-refractivity contribution >= 4 is 20.9 Å². The van der Waals surface area contributed by atoms with Crippen molar-refractivity contribution in [2.75, 3.05) is 0 Å². The van der Waals surface area contributed by atoms with Crippen molar-refractivity contribution in [2.45, 2.75) is 99.5 Å². The van der Waals surface area contributed by atoms with Gasteiger partial charge in [-0.15, -0.1) is 0 Å². The van der Waals surface area contributed by atoms with Crippen LogP contribution in [0.5, 0.6) is 0 Å². The van der Waals surface area contributed by atoms with Gasteiger partial charge in [0.2, 0.25) is 0 Å². The van der Waals surface area contributed by atoms with E-state index in [2.05, 4.69) is 33.8 Å².